The zero-order valence-corrected chi connectivity index (χ0v) is 37.2. The summed E-state index contributed by atoms with van der Waals surface area (Å²) in [6.45, 7) is 4.90. The number of nitrogens with zero attached hydrogens (tertiary/aromatic N) is 6. The first-order valence-corrected chi connectivity index (χ1v) is 24.0. The molecule has 2 aliphatic heterocycles. The average molecular weight is 890 g/mol. The van der Waals surface area contributed by atoms with Crippen molar-refractivity contribution < 1.29 is 22.7 Å². The number of carbonyl (C=O) groups is 2. The van der Waals surface area contributed by atoms with Gasteiger partial charge in [-0.15, -0.1) is 0 Å². The van der Waals surface area contributed by atoms with E-state index in [0.29, 0.717) is 58.9 Å². The van der Waals surface area contributed by atoms with E-state index >= 15 is 0 Å². The van der Waals surface area contributed by atoms with E-state index in [1.165, 1.54) is 9.13 Å². The Balaban J connectivity index is 0.713. The number of anilines is 2. The Bertz CT molecular complexity index is 2900. The van der Waals surface area contributed by atoms with Gasteiger partial charge in [0.05, 0.1) is 35.2 Å². The number of likely N-dealkylation sites (tertiary alicyclic amines) is 1. The summed E-state index contributed by atoms with van der Waals surface area (Å²) >= 11 is 0. The van der Waals surface area contributed by atoms with Gasteiger partial charge in [0.1, 0.15) is 11.7 Å². The minimum atomic E-state index is -3.77. The normalized spacial score (nSPS) is 19.9. The van der Waals surface area contributed by atoms with Crippen molar-refractivity contribution in [2.24, 2.45) is 12.5 Å². The Kier molecular flexibility index (Phi) is 12.3. The molecule has 1 spiro atoms. The molecule has 2 amide bonds. The maximum Gasteiger partial charge on any atom is 0.329 e. The lowest BCUT2D eigenvalue weighted by Crippen LogP contribution is -2.44. The van der Waals surface area contributed by atoms with Gasteiger partial charge in [0.2, 0.25) is 27.8 Å². The maximum atomic E-state index is 13.3. The Morgan fingerprint density at radius 2 is 1.69 bits per heavy atom. The number of carbonyl (C=O) groups excluding carboxylic acids is 2. The van der Waals surface area contributed by atoms with Crippen LogP contribution < -0.4 is 26.6 Å². The van der Waals surface area contributed by atoms with Crippen LogP contribution in [0.1, 0.15) is 100 Å². The molecule has 0 radical (unpaired) electrons. The molecule has 16 nitrogen and oxygen atoms in total. The van der Waals surface area contributed by atoms with Gasteiger partial charge in [-0.3, -0.25) is 38.3 Å². The van der Waals surface area contributed by atoms with Crippen molar-refractivity contribution in [3.8, 4) is 11.8 Å². The van der Waals surface area contributed by atoms with Crippen molar-refractivity contribution in [1.82, 2.24) is 38.6 Å². The van der Waals surface area contributed by atoms with Gasteiger partial charge >= 0.3 is 5.69 Å². The van der Waals surface area contributed by atoms with Gasteiger partial charge in [-0.25, -0.2) is 22.9 Å². The monoisotopic (exact) mass is 889 g/mol. The summed E-state index contributed by atoms with van der Waals surface area (Å²) in [5, 5.41) is 6.36. The van der Waals surface area contributed by atoms with Crippen LogP contribution in [0.3, 0.4) is 0 Å². The van der Waals surface area contributed by atoms with Crippen molar-refractivity contribution in [3.63, 3.8) is 0 Å². The second-order valence-electron chi connectivity index (χ2n) is 18.0. The molecule has 2 aliphatic carbocycles. The molecule has 4 aliphatic rings. The van der Waals surface area contributed by atoms with Gasteiger partial charge in [-0.2, -0.15) is 4.98 Å². The van der Waals surface area contributed by atoms with E-state index in [2.05, 4.69) is 37.1 Å². The topological polar surface area (TPSA) is 192 Å². The third-order valence-electron chi connectivity index (χ3n) is 13.9. The molecule has 9 rings (SSSR count). The molecular formula is C47H55N9O7S. The summed E-state index contributed by atoms with van der Waals surface area (Å²) in [6.07, 6.45) is 12.7. The lowest BCUT2D eigenvalue weighted by atomic mass is 9.67. The number of rotatable bonds is 11. The number of sulfonamides is 1. The first-order valence-electron chi connectivity index (χ1n) is 22.5. The van der Waals surface area contributed by atoms with Crippen LogP contribution in [0.5, 0.6) is 0 Å². The van der Waals surface area contributed by atoms with Crippen LogP contribution in [0.25, 0.3) is 22.1 Å². The van der Waals surface area contributed by atoms with Gasteiger partial charge in [0, 0.05) is 55.0 Å². The number of hydrogen-bond donors (Lipinski definition) is 3. The first kappa shape index (κ1) is 43.6. The summed E-state index contributed by atoms with van der Waals surface area (Å²) in [4.78, 5) is 61.9. The smallest absolute Gasteiger partial charge is 0.329 e. The molecule has 2 saturated heterocycles. The van der Waals surface area contributed by atoms with Gasteiger partial charge in [0.15, 0.2) is 0 Å². The molecule has 5 heterocycles. The van der Waals surface area contributed by atoms with Crippen LogP contribution in [0.15, 0.2) is 69.2 Å². The Labute approximate surface area is 371 Å². The highest BCUT2D eigenvalue weighted by atomic mass is 32.2. The number of imide groups is 1. The van der Waals surface area contributed by atoms with E-state index in [1.807, 2.05) is 25.1 Å². The summed E-state index contributed by atoms with van der Waals surface area (Å²) in [5.74, 6) is 6.16. The van der Waals surface area contributed by atoms with Crippen LogP contribution in [0.2, 0.25) is 0 Å². The molecule has 336 valence electrons. The number of piperidine rings is 2. The number of aryl methyl sites for hydroxylation is 2. The SMILES string of the molecule is Cc1cc(S(=O)(=O)NCCOC2CCC3(CC2)CCN(CC#Cc2ccc4c(c2)n(C)c(=O)n4C2CCC(=O)NC2=O)CC3)ccc1Nc1ncc2ccc(=O)n(C3CCCC3)c2n1. The maximum absolute atomic E-state index is 13.3. The van der Waals surface area contributed by atoms with Crippen molar-refractivity contribution >= 4 is 55.5 Å². The van der Waals surface area contributed by atoms with E-state index in [1.54, 1.807) is 48.1 Å². The number of pyridine rings is 1. The minimum absolute atomic E-state index is 0.0679. The lowest BCUT2D eigenvalue weighted by Gasteiger charge is -2.45. The van der Waals surface area contributed by atoms with E-state index in [0.717, 1.165) is 88.2 Å². The number of fused-ring (bicyclic) bond motifs is 2. The third-order valence-corrected chi connectivity index (χ3v) is 15.4. The number of aromatic nitrogens is 5. The fourth-order valence-electron chi connectivity index (χ4n) is 10.1. The summed E-state index contributed by atoms with van der Waals surface area (Å²) in [6, 6.07) is 13.2. The number of amides is 2. The second kappa shape index (κ2) is 18.1. The molecule has 2 aromatic carbocycles. The fourth-order valence-corrected chi connectivity index (χ4v) is 11.2. The van der Waals surface area contributed by atoms with Crippen LogP contribution >= 0.6 is 0 Å². The van der Waals surface area contributed by atoms with E-state index in [4.69, 9.17) is 9.72 Å². The molecule has 3 aromatic heterocycles. The Morgan fingerprint density at radius 1 is 0.906 bits per heavy atom. The number of hydrogen-bond acceptors (Lipinski definition) is 11. The molecule has 0 bridgehead atoms. The van der Waals surface area contributed by atoms with Crippen molar-refractivity contribution in [2.75, 3.05) is 38.1 Å². The highest BCUT2D eigenvalue weighted by molar-refractivity contribution is 7.89. The summed E-state index contributed by atoms with van der Waals surface area (Å²) in [5.41, 5.74) is 4.04. The zero-order valence-electron chi connectivity index (χ0n) is 36.4. The van der Waals surface area contributed by atoms with Crippen molar-refractivity contribution in [3.05, 3.63) is 86.7 Å². The molecule has 4 fully saturated rings. The fraction of sp³-hybridized carbons (Fsp3) is 0.489. The van der Waals surface area contributed by atoms with E-state index in [-0.39, 0.29) is 47.2 Å². The Morgan fingerprint density at radius 3 is 2.44 bits per heavy atom. The average Bonchev–Trinajstić information content (AvgIpc) is 3.90. The van der Waals surface area contributed by atoms with E-state index < -0.39 is 22.0 Å². The molecule has 5 aromatic rings. The lowest BCUT2D eigenvalue weighted by molar-refractivity contribution is -0.135. The predicted molar refractivity (Wildman–Crippen MR) is 243 cm³/mol. The van der Waals surface area contributed by atoms with Crippen LogP contribution in [0, 0.1) is 24.2 Å². The van der Waals surface area contributed by atoms with Gasteiger partial charge in [-0.1, -0.05) is 24.7 Å². The quantitative estimate of drug-likeness (QED) is 0.0923. The van der Waals surface area contributed by atoms with Crippen LogP contribution in [-0.2, 0) is 31.4 Å². The zero-order chi connectivity index (χ0) is 44.6. The van der Waals surface area contributed by atoms with E-state index in [9.17, 15) is 27.6 Å². The summed E-state index contributed by atoms with van der Waals surface area (Å²) < 4.78 is 40.2. The molecule has 17 heteroatoms. The minimum Gasteiger partial charge on any atom is -0.377 e. The standard InChI is InChI=1S/C47H55N9O7S/c1-31-28-36(11-12-37(31)50-45-48-30-33-10-16-42(58)55(43(33)52-45)34-7-3-4-8-34)64(61,62)49-23-27-63-35-17-19-47(20-18-35)21-25-54(26-22-47)24-5-6-32-9-13-38-40(29-32)53(2)46(60)56(38)39-14-15-41(57)51-44(39)59/h9-13,16,28-30,34-35,39,49H,3-4,7-8,14-15,17-27H2,1-2H3,(H,48,50,52)(H,51,57,59). The van der Waals surface area contributed by atoms with Gasteiger partial charge in [0.25, 0.3) is 5.56 Å². The van der Waals surface area contributed by atoms with Crippen LogP contribution in [-0.4, -0.2) is 87.7 Å². The number of benzene rings is 2. The molecule has 1 unspecified atom stereocenters. The largest absolute Gasteiger partial charge is 0.377 e. The second-order valence-corrected chi connectivity index (χ2v) is 19.7. The van der Waals surface area contributed by atoms with Gasteiger partial charge < -0.3 is 10.1 Å². The number of imidazole rings is 1. The highest BCUT2D eigenvalue weighted by Crippen LogP contribution is 2.45. The molecule has 64 heavy (non-hydrogen) atoms. The third kappa shape index (κ3) is 9.01. The molecule has 1 atom stereocenters. The van der Waals surface area contributed by atoms with Crippen LogP contribution in [0.4, 0.5) is 11.6 Å². The number of ether oxygens (including phenoxy) is 1. The van der Waals surface area contributed by atoms with Gasteiger partial charge in [-0.05, 0) is 131 Å². The Hall–Kier alpha value is -5.67. The van der Waals surface area contributed by atoms with Crippen molar-refractivity contribution in [2.45, 2.75) is 107 Å². The highest BCUT2D eigenvalue weighted by Gasteiger charge is 2.38. The first-order chi connectivity index (χ1) is 30.9. The number of nitrogens with one attached hydrogen (secondary N) is 3. The predicted octanol–water partition coefficient (Wildman–Crippen LogP) is 4.96. The molecular weight excluding hydrogens is 835 g/mol. The summed E-state index contributed by atoms with van der Waals surface area (Å²) in [7, 11) is -2.09. The molecule has 2 saturated carbocycles. The molecule has 3 N–H and O–H groups in total. The van der Waals surface area contributed by atoms with Crippen molar-refractivity contribution in [1.29, 1.82) is 0 Å².